The van der Waals surface area contributed by atoms with Crippen LogP contribution in [0.4, 0.5) is 4.39 Å². The molecule has 1 aromatic rings. The number of carbonyl (C=O) groups is 1. The number of halogens is 2. The van der Waals surface area contributed by atoms with Crippen LogP contribution in [-0.2, 0) is 4.74 Å². The van der Waals surface area contributed by atoms with Gasteiger partial charge in [-0.3, -0.25) is 0 Å². The van der Waals surface area contributed by atoms with Crippen molar-refractivity contribution in [3.8, 4) is 5.75 Å². The van der Waals surface area contributed by atoms with Gasteiger partial charge < -0.3 is 9.47 Å². The maximum atomic E-state index is 13.2. The highest BCUT2D eigenvalue weighted by atomic mass is 79.9. The van der Waals surface area contributed by atoms with Crippen LogP contribution < -0.4 is 4.74 Å². The second-order valence-corrected chi connectivity index (χ2v) is 3.28. The van der Waals surface area contributed by atoms with E-state index >= 15 is 0 Å². The van der Waals surface area contributed by atoms with E-state index in [-0.39, 0.29) is 11.3 Å². The van der Waals surface area contributed by atoms with Crippen molar-refractivity contribution in [2.24, 2.45) is 0 Å². The highest BCUT2D eigenvalue weighted by Gasteiger charge is 2.20. The van der Waals surface area contributed by atoms with Crippen LogP contribution in [0.25, 0.3) is 0 Å². The zero-order valence-electron chi connectivity index (χ0n) is 7.64. The first-order valence-electron chi connectivity index (χ1n) is 3.72. The fourth-order valence-electron chi connectivity index (χ4n) is 1.03. The van der Waals surface area contributed by atoms with Crippen molar-refractivity contribution in [2.45, 2.75) is 0 Å². The molecule has 0 fully saturated rings. The van der Waals surface area contributed by atoms with Crippen molar-refractivity contribution < 1.29 is 18.7 Å². The molecule has 14 heavy (non-hydrogen) atoms. The lowest BCUT2D eigenvalue weighted by Gasteiger charge is -2.09. The largest absolute Gasteiger partial charge is 0.493 e. The first-order chi connectivity index (χ1) is 6.61. The standard InChI is InChI=1S/C9H8BrFO3/c1-13-8-6(11)4-3-5(10)7(8)9(12)14-2/h3-4H,1-2H3. The second kappa shape index (κ2) is 4.41. The van der Waals surface area contributed by atoms with E-state index in [1.54, 1.807) is 0 Å². The summed E-state index contributed by atoms with van der Waals surface area (Å²) in [6.07, 6.45) is 0. The molecule has 0 saturated carbocycles. The average Bonchev–Trinajstić information content (AvgIpc) is 2.19. The van der Waals surface area contributed by atoms with E-state index in [2.05, 4.69) is 20.7 Å². The molecular weight excluding hydrogens is 255 g/mol. The van der Waals surface area contributed by atoms with Gasteiger partial charge in [-0.2, -0.15) is 0 Å². The maximum absolute atomic E-state index is 13.2. The molecule has 5 heteroatoms. The van der Waals surface area contributed by atoms with Crippen molar-refractivity contribution in [1.29, 1.82) is 0 Å². The third-order valence-electron chi connectivity index (χ3n) is 1.65. The van der Waals surface area contributed by atoms with Gasteiger partial charge in [0.05, 0.1) is 14.2 Å². The fraction of sp³-hybridized carbons (Fsp3) is 0.222. The average molecular weight is 263 g/mol. The van der Waals surface area contributed by atoms with Crippen LogP contribution in [0.3, 0.4) is 0 Å². The predicted molar refractivity (Wildman–Crippen MR) is 52.0 cm³/mol. The summed E-state index contributed by atoms with van der Waals surface area (Å²) >= 11 is 3.12. The Morgan fingerprint density at radius 2 is 2.07 bits per heavy atom. The maximum Gasteiger partial charge on any atom is 0.342 e. The van der Waals surface area contributed by atoms with Crippen molar-refractivity contribution in [2.75, 3.05) is 14.2 Å². The molecule has 0 radical (unpaired) electrons. The monoisotopic (exact) mass is 262 g/mol. The summed E-state index contributed by atoms with van der Waals surface area (Å²) in [6, 6.07) is 2.62. The SMILES string of the molecule is COC(=O)c1c(Br)ccc(F)c1OC. The molecule has 0 aliphatic carbocycles. The van der Waals surface area contributed by atoms with Gasteiger partial charge in [0, 0.05) is 4.47 Å². The molecular formula is C9H8BrFO3. The first-order valence-corrected chi connectivity index (χ1v) is 4.51. The first kappa shape index (κ1) is 11.0. The van der Waals surface area contributed by atoms with Gasteiger partial charge in [0.1, 0.15) is 5.56 Å². The summed E-state index contributed by atoms with van der Waals surface area (Å²) < 4.78 is 22.9. The molecule has 0 aliphatic rings. The normalized spacial score (nSPS) is 9.71. The fourth-order valence-corrected chi connectivity index (χ4v) is 1.50. The Morgan fingerprint density at radius 3 is 2.57 bits per heavy atom. The van der Waals surface area contributed by atoms with Crippen LogP contribution in [0.15, 0.2) is 16.6 Å². The Kier molecular flexibility index (Phi) is 3.46. The Labute approximate surface area is 88.9 Å². The van der Waals surface area contributed by atoms with Gasteiger partial charge in [-0.1, -0.05) is 0 Å². The summed E-state index contributed by atoms with van der Waals surface area (Å²) in [5.74, 6) is -1.37. The van der Waals surface area contributed by atoms with Gasteiger partial charge in [-0.05, 0) is 28.1 Å². The molecule has 0 N–H and O–H groups in total. The molecule has 0 aromatic heterocycles. The second-order valence-electron chi connectivity index (χ2n) is 2.43. The molecule has 0 aliphatic heterocycles. The van der Waals surface area contributed by atoms with Gasteiger partial charge in [-0.15, -0.1) is 0 Å². The van der Waals surface area contributed by atoms with Crippen molar-refractivity contribution in [3.05, 3.63) is 28.0 Å². The number of ether oxygens (including phenoxy) is 2. The number of hydrogen-bond acceptors (Lipinski definition) is 3. The molecule has 1 aromatic carbocycles. The van der Waals surface area contributed by atoms with Crippen LogP contribution in [0, 0.1) is 5.82 Å². The lowest BCUT2D eigenvalue weighted by molar-refractivity contribution is 0.0595. The third-order valence-corrected chi connectivity index (χ3v) is 2.31. The summed E-state index contributed by atoms with van der Waals surface area (Å²) in [5.41, 5.74) is 0.0509. The van der Waals surface area contributed by atoms with E-state index in [1.165, 1.54) is 26.4 Å². The lowest BCUT2D eigenvalue weighted by atomic mass is 10.2. The zero-order chi connectivity index (χ0) is 10.7. The quantitative estimate of drug-likeness (QED) is 0.768. The molecule has 76 valence electrons. The van der Waals surface area contributed by atoms with Crippen LogP contribution in [-0.4, -0.2) is 20.2 Å². The van der Waals surface area contributed by atoms with Gasteiger partial charge in [0.15, 0.2) is 11.6 Å². The smallest absolute Gasteiger partial charge is 0.342 e. The van der Waals surface area contributed by atoms with Crippen LogP contribution >= 0.6 is 15.9 Å². The van der Waals surface area contributed by atoms with E-state index < -0.39 is 11.8 Å². The molecule has 0 spiro atoms. The Morgan fingerprint density at radius 1 is 1.43 bits per heavy atom. The van der Waals surface area contributed by atoms with E-state index in [4.69, 9.17) is 4.74 Å². The number of esters is 1. The molecule has 0 amide bonds. The molecule has 0 atom stereocenters. The summed E-state index contributed by atoms with van der Waals surface area (Å²) in [7, 11) is 2.51. The number of benzene rings is 1. The van der Waals surface area contributed by atoms with Crippen molar-refractivity contribution >= 4 is 21.9 Å². The zero-order valence-corrected chi connectivity index (χ0v) is 9.22. The molecule has 0 bridgehead atoms. The van der Waals surface area contributed by atoms with Crippen LogP contribution in [0.5, 0.6) is 5.75 Å². The third kappa shape index (κ3) is 1.87. The van der Waals surface area contributed by atoms with Crippen molar-refractivity contribution in [3.63, 3.8) is 0 Å². The van der Waals surface area contributed by atoms with E-state index in [1.807, 2.05) is 0 Å². The molecule has 3 nitrogen and oxygen atoms in total. The molecule has 0 heterocycles. The Bertz CT molecular complexity index is 365. The van der Waals surface area contributed by atoms with Gasteiger partial charge in [0.25, 0.3) is 0 Å². The number of hydrogen-bond donors (Lipinski definition) is 0. The highest BCUT2D eigenvalue weighted by Crippen LogP contribution is 2.30. The van der Waals surface area contributed by atoms with Gasteiger partial charge in [-0.25, -0.2) is 9.18 Å². The van der Waals surface area contributed by atoms with Crippen LogP contribution in [0.1, 0.15) is 10.4 Å². The lowest BCUT2D eigenvalue weighted by Crippen LogP contribution is -2.06. The molecule has 0 saturated heterocycles. The minimum Gasteiger partial charge on any atom is -0.493 e. The van der Waals surface area contributed by atoms with E-state index in [9.17, 15) is 9.18 Å². The minimum atomic E-state index is -0.645. The number of methoxy groups -OCH3 is 2. The number of carbonyl (C=O) groups excluding carboxylic acids is 1. The highest BCUT2D eigenvalue weighted by molar-refractivity contribution is 9.10. The number of rotatable bonds is 2. The Hall–Kier alpha value is -1.10. The van der Waals surface area contributed by atoms with E-state index in [0.29, 0.717) is 4.47 Å². The van der Waals surface area contributed by atoms with Gasteiger partial charge in [0.2, 0.25) is 0 Å². The van der Waals surface area contributed by atoms with E-state index in [0.717, 1.165) is 0 Å². The molecule has 0 unspecified atom stereocenters. The summed E-state index contributed by atoms with van der Waals surface area (Å²) in [5, 5.41) is 0. The molecule has 1 rings (SSSR count). The Balaban J connectivity index is 3.37. The predicted octanol–water partition coefficient (Wildman–Crippen LogP) is 2.38. The van der Waals surface area contributed by atoms with Crippen molar-refractivity contribution in [1.82, 2.24) is 0 Å². The summed E-state index contributed by atoms with van der Waals surface area (Å²) in [4.78, 5) is 11.3. The topological polar surface area (TPSA) is 35.5 Å². The summed E-state index contributed by atoms with van der Waals surface area (Å²) in [6.45, 7) is 0. The minimum absolute atomic E-state index is 0.0509. The van der Waals surface area contributed by atoms with Gasteiger partial charge >= 0.3 is 5.97 Å². The van der Waals surface area contributed by atoms with Crippen LogP contribution in [0.2, 0.25) is 0 Å².